The maximum Gasteiger partial charge on any atom is 0.328 e. The van der Waals surface area contributed by atoms with E-state index in [9.17, 15) is 9.59 Å². The Kier molecular flexibility index (Phi) is 5.93. The van der Waals surface area contributed by atoms with Crippen molar-refractivity contribution in [1.82, 2.24) is 15.1 Å². The standard InChI is InChI=1S/C21H23N3O4/c1-14(2)12-17(21(26)27-3)22-20(25)18-13-16(19-10-7-11-28-19)23-24(18)15-8-5-4-6-9-15/h4-11,13-14,17H,12H2,1-3H3,(H,22,25). The first kappa shape index (κ1) is 19.4. The van der Waals surface area contributed by atoms with Crippen LogP contribution in [0.15, 0.2) is 59.2 Å². The van der Waals surface area contributed by atoms with Crippen molar-refractivity contribution in [2.75, 3.05) is 7.11 Å². The Morgan fingerprint density at radius 3 is 2.54 bits per heavy atom. The molecule has 0 fully saturated rings. The minimum Gasteiger partial charge on any atom is -0.467 e. The highest BCUT2D eigenvalue weighted by molar-refractivity contribution is 5.96. The maximum atomic E-state index is 13.0. The van der Waals surface area contributed by atoms with Crippen molar-refractivity contribution in [3.8, 4) is 17.1 Å². The smallest absolute Gasteiger partial charge is 0.328 e. The SMILES string of the molecule is COC(=O)C(CC(C)C)NC(=O)c1cc(-c2ccco2)nn1-c1ccccc1. The van der Waals surface area contributed by atoms with Crippen LogP contribution in [0, 0.1) is 5.92 Å². The Morgan fingerprint density at radius 1 is 1.18 bits per heavy atom. The predicted molar refractivity (Wildman–Crippen MR) is 104 cm³/mol. The molecule has 2 aromatic heterocycles. The Balaban J connectivity index is 1.97. The van der Waals surface area contributed by atoms with Crippen molar-refractivity contribution in [1.29, 1.82) is 0 Å². The zero-order valence-electron chi connectivity index (χ0n) is 16.1. The molecule has 7 nitrogen and oxygen atoms in total. The first-order chi connectivity index (χ1) is 13.5. The Bertz CT molecular complexity index is 930. The van der Waals surface area contributed by atoms with Crippen LogP contribution in [0.3, 0.4) is 0 Å². The molecule has 0 bridgehead atoms. The van der Waals surface area contributed by atoms with Gasteiger partial charge in [-0.15, -0.1) is 0 Å². The van der Waals surface area contributed by atoms with Crippen molar-refractivity contribution in [3.05, 3.63) is 60.5 Å². The fourth-order valence-corrected chi connectivity index (χ4v) is 2.91. The molecule has 0 saturated heterocycles. The van der Waals surface area contributed by atoms with Crippen LogP contribution in [-0.2, 0) is 9.53 Å². The normalized spacial score (nSPS) is 12.0. The van der Waals surface area contributed by atoms with E-state index in [1.807, 2.05) is 44.2 Å². The van der Waals surface area contributed by atoms with Gasteiger partial charge in [-0.05, 0) is 36.6 Å². The molecule has 0 aliphatic rings. The zero-order valence-corrected chi connectivity index (χ0v) is 16.1. The third-order valence-electron chi connectivity index (χ3n) is 4.21. The van der Waals surface area contributed by atoms with Crippen LogP contribution in [0.25, 0.3) is 17.1 Å². The highest BCUT2D eigenvalue weighted by Crippen LogP contribution is 2.22. The number of rotatable bonds is 7. The summed E-state index contributed by atoms with van der Waals surface area (Å²) in [6.45, 7) is 3.96. The second kappa shape index (κ2) is 8.56. The van der Waals surface area contributed by atoms with E-state index in [2.05, 4.69) is 10.4 Å². The summed E-state index contributed by atoms with van der Waals surface area (Å²) < 4.78 is 11.8. The van der Waals surface area contributed by atoms with Crippen LogP contribution in [-0.4, -0.2) is 34.8 Å². The van der Waals surface area contributed by atoms with Gasteiger partial charge in [0, 0.05) is 6.07 Å². The number of benzene rings is 1. The van der Waals surface area contributed by atoms with Crippen molar-refractivity contribution in [2.24, 2.45) is 5.92 Å². The van der Waals surface area contributed by atoms with Crippen molar-refractivity contribution < 1.29 is 18.7 Å². The van der Waals surface area contributed by atoms with Crippen LogP contribution in [0.4, 0.5) is 0 Å². The van der Waals surface area contributed by atoms with E-state index >= 15 is 0 Å². The van der Waals surface area contributed by atoms with Crippen molar-refractivity contribution in [2.45, 2.75) is 26.3 Å². The van der Waals surface area contributed by atoms with Gasteiger partial charge in [0.1, 0.15) is 17.4 Å². The van der Waals surface area contributed by atoms with Gasteiger partial charge in [-0.25, -0.2) is 9.48 Å². The van der Waals surface area contributed by atoms with Gasteiger partial charge in [-0.3, -0.25) is 4.79 Å². The first-order valence-corrected chi connectivity index (χ1v) is 9.07. The van der Waals surface area contributed by atoms with Crippen LogP contribution in [0.5, 0.6) is 0 Å². The summed E-state index contributed by atoms with van der Waals surface area (Å²) in [6, 6.07) is 13.7. The van der Waals surface area contributed by atoms with Gasteiger partial charge in [-0.1, -0.05) is 32.0 Å². The molecule has 1 unspecified atom stereocenters. The fraction of sp³-hybridized carbons (Fsp3) is 0.286. The summed E-state index contributed by atoms with van der Waals surface area (Å²) in [7, 11) is 1.31. The predicted octanol–water partition coefficient (Wildman–Crippen LogP) is 3.45. The number of furan rings is 1. The summed E-state index contributed by atoms with van der Waals surface area (Å²) in [5.41, 5.74) is 1.55. The average Bonchev–Trinajstić information content (AvgIpc) is 3.36. The molecule has 0 aliphatic heterocycles. The number of methoxy groups -OCH3 is 1. The average molecular weight is 381 g/mol. The van der Waals surface area contributed by atoms with Gasteiger partial charge in [0.2, 0.25) is 0 Å². The Labute approximate surface area is 163 Å². The number of nitrogens with zero attached hydrogens (tertiary/aromatic N) is 2. The van der Waals surface area contributed by atoms with Crippen LogP contribution < -0.4 is 5.32 Å². The number of aromatic nitrogens is 2. The quantitative estimate of drug-likeness (QED) is 0.634. The number of hydrogen-bond acceptors (Lipinski definition) is 5. The molecule has 3 rings (SSSR count). The molecule has 0 aliphatic carbocycles. The molecular weight excluding hydrogens is 358 g/mol. The molecule has 2 heterocycles. The molecule has 1 aromatic carbocycles. The Morgan fingerprint density at radius 2 is 1.93 bits per heavy atom. The van der Waals surface area contributed by atoms with Crippen LogP contribution in [0.2, 0.25) is 0 Å². The molecular formula is C21H23N3O4. The van der Waals surface area contributed by atoms with Crippen LogP contribution >= 0.6 is 0 Å². The van der Waals surface area contributed by atoms with Gasteiger partial charge >= 0.3 is 5.97 Å². The van der Waals surface area contributed by atoms with E-state index in [1.54, 1.807) is 24.5 Å². The number of carbonyl (C=O) groups is 2. The number of amides is 1. The van der Waals surface area contributed by atoms with E-state index in [0.29, 0.717) is 23.6 Å². The van der Waals surface area contributed by atoms with E-state index in [1.165, 1.54) is 11.8 Å². The number of nitrogens with one attached hydrogen (secondary N) is 1. The van der Waals surface area contributed by atoms with Gasteiger partial charge < -0.3 is 14.5 Å². The maximum absolute atomic E-state index is 13.0. The minimum absolute atomic E-state index is 0.210. The molecule has 1 amide bonds. The minimum atomic E-state index is -0.733. The highest BCUT2D eigenvalue weighted by Gasteiger charge is 2.26. The van der Waals surface area contributed by atoms with Gasteiger partial charge in [0.15, 0.2) is 5.76 Å². The fourth-order valence-electron chi connectivity index (χ4n) is 2.91. The van der Waals surface area contributed by atoms with E-state index < -0.39 is 17.9 Å². The van der Waals surface area contributed by atoms with Crippen molar-refractivity contribution in [3.63, 3.8) is 0 Å². The highest BCUT2D eigenvalue weighted by atomic mass is 16.5. The number of hydrogen-bond donors (Lipinski definition) is 1. The summed E-state index contributed by atoms with van der Waals surface area (Å²) in [4.78, 5) is 25.1. The van der Waals surface area contributed by atoms with Gasteiger partial charge in [0.25, 0.3) is 5.91 Å². The molecule has 28 heavy (non-hydrogen) atoms. The lowest BCUT2D eigenvalue weighted by molar-refractivity contribution is -0.143. The molecule has 0 spiro atoms. The summed E-state index contributed by atoms with van der Waals surface area (Å²) in [5, 5.41) is 7.30. The van der Waals surface area contributed by atoms with E-state index in [4.69, 9.17) is 9.15 Å². The van der Waals surface area contributed by atoms with Crippen LogP contribution in [0.1, 0.15) is 30.8 Å². The molecule has 1 atom stereocenters. The lowest BCUT2D eigenvalue weighted by Gasteiger charge is -2.18. The molecule has 3 aromatic rings. The van der Waals surface area contributed by atoms with E-state index in [0.717, 1.165) is 5.69 Å². The number of carbonyl (C=O) groups excluding carboxylic acids is 2. The lowest BCUT2D eigenvalue weighted by Crippen LogP contribution is -2.43. The number of esters is 1. The molecule has 0 saturated carbocycles. The number of ether oxygens (including phenoxy) is 1. The second-order valence-corrected chi connectivity index (χ2v) is 6.82. The van der Waals surface area contributed by atoms with E-state index in [-0.39, 0.29) is 5.92 Å². The second-order valence-electron chi connectivity index (χ2n) is 6.82. The third kappa shape index (κ3) is 4.31. The first-order valence-electron chi connectivity index (χ1n) is 9.07. The summed E-state index contributed by atoms with van der Waals surface area (Å²) in [5.74, 6) is -0.123. The number of para-hydroxylation sites is 1. The Hall–Kier alpha value is -3.35. The largest absolute Gasteiger partial charge is 0.467 e. The topological polar surface area (TPSA) is 86.4 Å². The molecule has 0 radical (unpaired) electrons. The monoisotopic (exact) mass is 381 g/mol. The molecule has 146 valence electrons. The third-order valence-corrected chi connectivity index (χ3v) is 4.21. The van der Waals surface area contributed by atoms with Gasteiger partial charge in [-0.2, -0.15) is 5.10 Å². The molecule has 7 heteroatoms. The summed E-state index contributed by atoms with van der Waals surface area (Å²) in [6.07, 6.45) is 2.02. The van der Waals surface area contributed by atoms with Gasteiger partial charge in [0.05, 0.1) is 19.1 Å². The lowest BCUT2D eigenvalue weighted by atomic mass is 10.0. The zero-order chi connectivity index (χ0) is 20.1. The summed E-state index contributed by atoms with van der Waals surface area (Å²) >= 11 is 0. The van der Waals surface area contributed by atoms with Crippen molar-refractivity contribution >= 4 is 11.9 Å². The molecule has 1 N–H and O–H groups in total.